The summed E-state index contributed by atoms with van der Waals surface area (Å²) in [5.74, 6) is 0.667. The van der Waals surface area contributed by atoms with Crippen LogP contribution in [0.25, 0.3) is 0 Å². The third kappa shape index (κ3) is 4.48. The predicted octanol–water partition coefficient (Wildman–Crippen LogP) is 1.72. The lowest BCUT2D eigenvalue weighted by molar-refractivity contribution is 0.0347. The van der Waals surface area contributed by atoms with E-state index >= 15 is 0 Å². The Balaban J connectivity index is 1.58. The molecule has 1 aromatic heterocycles. The Bertz CT molecular complexity index is 783. The first-order valence-corrected chi connectivity index (χ1v) is 9.25. The standard InChI is InChI=1S/C20H28N4O3/c1-13-17(14(2)27-22-13)11-24-9-8-18(19(25)12-24)21-20(26)15-6-5-7-16(10-15)23(3)4/h5-7,10,18-19,25H,8-9,11-12H2,1-4H3,(H,21,26)/t18-,19-/m1/s1. The summed E-state index contributed by atoms with van der Waals surface area (Å²) in [6.45, 7) is 5.83. The number of hydrogen-bond donors (Lipinski definition) is 2. The molecule has 2 heterocycles. The van der Waals surface area contributed by atoms with Crippen LogP contribution in [-0.2, 0) is 6.54 Å². The van der Waals surface area contributed by atoms with Crippen molar-refractivity contribution in [3.8, 4) is 0 Å². The van der Waals surface area contributed by atoms with Gasteiger partial charge in [-0.25, -0.2) is 0 Å². The number of aliphatic hydroxyl groups excluding tert-OH is 1. The van der Waals surface area contributed by atoms with Gasteiger partial charge in [-0.3, -0.25) is 9.69 Å². The average Bonchev–Trinajstić information content (AvgIpc) is 2.96. The molecule has 2 aromatic rings. The van der Waals surface area contributed by atoms with Crippen LogP contribution in [0.3, 0.4) is 0 Å². The van der Waals surface area contributed by atoms with E-state index in [1.165, 1.54) is 0 Å². The monoisotopic (exact) mass is 372 g/mol. The van der Waals surface area contributed by atoms with Crippen molar-refractivity contribution < 1.29 is 14.4 Å². The third-order valence-electron chi connectivity index (χ3n) is 5.17. The normalized spacial score (nSPS) is 20.5. The molecule has 0 unspecified atom stereocenters. The summed E-state index contributed by atoms with van der Waals surface area (Å²) in [4.78, 5) is 16.7. The molecule has 1 amide bonds. The zero-order chi connectivity index (χ0) is 19.6. The molecule has 0 radical (unpaired) electrons. The van der Waals surface area contributed by atoms with E-state index in [0.29, 0.717) is 25.1 Å². The highest BCUT2D eigenvalue weighted by Crippen LogP contribution is 2.20. The number of amides is 1. The number of anilines is 1. The number of likely N-dealkylation sites (tertiary alicyclic amines) is 1. The molecule has 2 atom stereocenters. The molecule has 146 valence electrons. The zero-order valence-electron chi connectivity index (χ0n) is 16.4. The molecule has 27 heavy (non-hydrogen) atoms. The number of rotatable bonds is 5. The third-order valence-corrected chi connectivity index (χ3v) is 5.17. The summed E-state index contributed by atoms with van der Waals surface area (Å²) < 4.78 is 5.21. The Hall–Kier alpha value is -2.38. The first kappa shape index (κ1) is 19.4. The van der Waals surface area contributed by atoms with Crippen LogP contribution in [-0.4, -0.2) is 60.4 Å². The molecule has 1 aromatic carbocycles. The van der Waals surface area contributed by atoms with Crippen molar-refractivity contribution in [3.63, 3.8) is 0 Å². The lowest BCUT2D eigenvalue weighted by atomic mass is 10.00. The molecule has 1 saturated heterocycles. The van der Waals surface area contributed by atoms with E-state index in [0.717, 1.165) is 29.2 Å². The molecule has 0 aliphatic carbocycles. The highest BCUT2D eigenvalue weighted by atomic mass is 16.5. The minimum absolute atomic E-state index is 0.151. The average molecular weight is 372 g/mol. The molecule has 0 saturated carbocycles. The van der Waals surface area contributed by atoms with Crippen LogP contribution < -0.4 is 10.2 Å². The van der Waals surface area contributed by atoms with Crippen LogP contribution >= 0.6 is 0 Å². The second kappa shape index (κ2) is 8.10. The zero-order valence-corrected chi connectivity index (χ0v) is 16.4. The van der Waals surface area contributed by atoms with Gasteiger partial charge in [-0.1, -0.05) is 11.2 Å². The molecular weight excluding hydrogens is 344 g/mol. The van der Waals surface area contributed by atoms with Gasteiger partial charge in [-0.2, -0.15) is 0 Å². The number of carbonyl (C=O) groups excluding carboxylic acids is 1. The van der Waals surface area contributed by atoms with Gasteiger partial charge in [0, 0.05) is 50.5 Å². The van der Waals surface area contributed by atoms with Gasteiger partial charge in [0.15, 0.2) is 0 Å². The Morgan fingerprint density at radius 2 is 2.19 bits per heavy atom. The van der Waals surface area contributed by atoms with E-state index in [2.05, 4.69) is 15.4 Å². The summed E-state index contributed by atoms with van der Waals surface area (Å²) in [5, 5.41) is 17.5. The number of nitrogens with zero attached hydrogens (tertiary/aromatic N) is 3. The van der Waals surface area contributed by atoms with Gasteiger partial charge in [0.25, 0.3) is 5.91 Å². The second-order valence-electron chi connectivity index (χ2n) is 7.42. The Kier molecular flexibility index (Phi) is 5.82. The number of aromatic nitrogens is 1. The highest BCUT2D eigenvalue weighted by Gasteiger charge is 2.30. The smallest absolute Gasteiger partial charge is 0.251 e. The summed E-state index contributed by atoms with van der Waals surface area (Å²) in [7, 11) is 3.88. The fourth-order valence-corrected chi connectivity index (χ4v) is 3.44. The minimum Gasteiger partial charge on any atom is -0.390 e. The number of aryl methyl sites for hydroxylation is 2. The fraction of sp³-hybridized carbons (Fsp3) is 0.500. The van der Waals surface area contributed by atoms with Crippen LogP contribution in [0, 0.1) is 13.8 Å². The van der Waals surface area contributed by atoms with Gasteiger partial charge in [0.2, 0.25) is 0 Å². The maximum absolute atomic E-state index is 12.6. The van der Waals surface area contributed by atoms with Crippen molar-refractivity contribution in [3.05, 3.63) is 46.8 Å². The highest BCUT2D eigenvalue weighted by molar-refractivity contribution is 5.95. The van der Waals surface area contributed by atoms with E-state index < -0.39 is 6.10 Å². The number of benzene rings is 1. The van der Waals surface area contributed by atoms with Crippen LogP contribution in [0.15, 0.2) is 28.8 Å². The number of nitrogens with one attached hydrogen (secondary N) is 1. The topological polar surface area (TPSA) is 81.8 Å². The van der Waals surface area contributed by atoms with Crippen LogP contribution in [0.5, 0.6) is 0 Å². The second-order valence-corrected chi connectivity index (χ2v) is 7.42. The van der Waals surface area contributed by atoms with Crippen molar-refractivity contribution in [1.29, 1.82) is 0 Å². The van der Waals surface area contributed by atoms with Crippen molar-refractivity contribution in [2.75, 3.05) is 32.1 Å². The number of aliphatic hydroxyl groups is 1. The van der Waals surface area contributed by atoms with Crippen LogP contribution in [0.2, 0.25) is 0 Å². The summed E-state index contributed by atoms with van der Waals surface area (Å²) in [5.41, 5.74) is 3.53. The molecule has 0 spiro atoms. The SMILES string of the molecule is Cc1noc(C)c1CN1CC[C@@H](NC(=O)c2cccc(N(C)C)c2)[C@H](O)C1. The predicted molar refractivity (Wildman–Crippen MR) is 104 cm³/mol. The van der Waals surface area contributed by atoms with Crippen molar-refractivity contribution in [2.24, 2.45) is 0 Å². The van der Waals surface area contributed by atoms with Gasteiger partial charge in [0.05, 0.1) is 17.8 Å². The molecule has 7 nitrogen and oxygen atoms in total. The van der Waals surface area contributed by atoms with E-state index in [-0.39, 0.29) is 11.9 Å². The number of carbonyl (C=O) groups is 1. The van der Waals surface area contributed by atoms with Crippen LogP contribution in [0.1, 0.15) is 33.8 Å². The van der Waals surface area contributed by atoms with Gasteiger partial charge in [-0.15, -0.1) is 0 Å². The molecule has 1 aliphatic heterocycles. The first-order valence-electron chi connectivity index (χ1n) is 9.25. The molecule has 7 heteroatoms. The van der Waals surface area contributed by atoms with Crippen molar-refractivity contribution >= 4 is 11.6 Å². The molecule has 2 N–H and O–H groups in total. The molecule has 0 bridgehead atoms. The molecule has 3 rings (SSSR count). The van der Waals surface area contributed by atoms with Gasteiger partial charge in [-0.05, 0) is 38.5 Å². The Morgan fingerprint density at radius 3 is 2.81 bits per heavy atom. The van der Waals surface area contributed by atoms with E-state index in [4.69, 9.17) is 4.52 Å². The minimum atomic E-state index is -0.611. The Morgan fingerprint density at radius 1 is 1.41 bits per heavy atom. The summed E-state index contributed by atoms with van der Waals surface area (Å²) in [6, 6.07) is 7.22. The fourth-order valence-electron chi connectivity index (χ4n) is 3.44. The number of hydrogen-bond acceptors (Lipinski definition) is 6. The summed E-state index contributed by atoms with van der Waals surface area (Å²) >= 11 is 0. The lowest BCUT2D eigenvalue weighted by Gasteiger charge is -2.36. The maximum atomic E-state index is 12.6. The van der Waals surface area contributed by atoms with Crippen LogP contribution in [0.4, 0.5) is 5.69 Å². The molecular formula is C20H28N4O3. The van der Waals surface area contributed by atoms with Crippen molar-refractivity contribution in [2.45, 2.75) is 39.0 Å². The van der Waals surface area contributed by atoms with Gasteiger partial charge < -0.3 is 19.8 Å². The lowest BCUT2D eigenvalue weighted by Crippen LogP contribution is -2.53. The first-order chi connectivity index (χ1) is 12.8. The van der Waals surface area contributed by atoms with E-state index in [1.807, 2.05) is 51.0 Å². The molecule has 1 fully saturated rings. The Labute approximate surface area is 159 Å². The quantitative estimate of drug-likeness (QED) is 0.832. The van der Waals surface area contributed by atoms with E-state index in [9.17, 15) is 9.90 Å². The van der Waals surface area contributed by atoms with E-state index in [1.54, 1.807) is 6.07 Å². The summed E-state index contributed by atoms with van der Waals surface area (Å²) in [6.07, 6.45) is 0.0871. The van der Waals surface area contributed by atoms with Crippen molar-refractivity contribution in [1.82, 2.24) is 15.4 Å². The largest absolute Gasteiger partial charge is 0.390 e. The van der Waals surface area contributed by atoms with Gasteiger partial charge >= 0.3 is 0 Å². The van der Waals surface area contributed by atoms with Gasteiger partial charge in [0.1, 0.15) is 5.76 Å². The number of piperidine rings is 1. The maximum Gasteiger partial charge on any atom is 0.251 e. The molecule has 1 aliphatic rings. The number of β-amino-alcohol motifs (C(OH)–C–C–N with tert-alkyl or cyclic N) is 1.